The minimum Gasteiger partial charge on any atom is -0.481 e. The predicted molar refractivity (Wildman–Crippen MR) is 66.0 cm³/mol. The molecule has 0 spiro atoms. The Labute approximate surface area is 101 Å². The van der Waals surface area contributed by atoms with Crippen LogP contribution in [0, 0.1) is 12.8 Å². The smallest absolute Gasteiger partial charge is 0.315 e. The van der Waals surface area contributed by atoms with Gasteiger partial charge in [0.2, 0.25) is 5.91 Å². The number of carboxylic acid groups (broad SMARTS) is 1. The van der Waals surface area contributed by atoms with Crippen LogP contribution in [0.3, 0.4) is 0 Å². The van der Waals surface area contributed by atoms with E-state index >= 15 is 0 Å². The molecule has 4 heteroatoms. The van der Waals surface area contributed by atoms with Gasteiger partial charge in [0.1, 0.15) is 5.92 Å². The Hall–Kier alpha value is -1.84. The molecule has 0 aliphatic rings. The zero-order chi connectivity index (χ0) is 13.0. The van der Waals surface area contributed by atoms with Crippen LogP contribution in [0.4, 0.5) is 5.69 Å². The second-order valence-electron chi connectivity index (χ2n) is 3.93. The summed E-state index contributed by atoms with van der Waals surface area (Å²) in [6.45, 7) is 5.60. The van der Waals surface area contributed by atoms with Gasteiger partial charge >= 0.3 is 5.97 Å². The number of aryl methyl sites for hydroxylation is 1. The van der Waals surface area contributed by atoms with Crippen molar-refractivity contribution in [2.24, 2.45) is 5.92 Å². The Morgan fingerprint density at radius 2 is 1.94 bits per heavy atom. The Balaban J connectivity index is 3.04. The molecule has 0 bridgehead atoms. The monoisotopic (exact) mass is 235 g/mol. The van der Waals surface area contributed by atoms with Crippen molar-refractivity contribution >= 4 is 17.6 Å². The van der Waals surface area contributed by atoms with Crippen molar-refractivity contribution in [1.29, 1.82) is 0 Å². The fraction of sp³-hybridized carbons (Fsp3) is 0.385. The lowest BCUT2D eigenvalue weighted by atomic mass is 10.1. The number of nitrogens with zero attached hydrogens (tertiary/aromatic N) is 1. The maximum Gasteiger partial charge on any atom is 0.315 e. The van der Waals surface area contributed by atoms with Gasteiger partial charge < -0.3 is 10.0 Å². The molecule has 1 unspecified atom stereocenters. The first-order chi connectivity index (χ1) is 7.99. The van der Waals surface area contributed by atoms with Gasteiger partial charge in [-0.2, -0.15) is 0 Å². The minimum atomic E-state index is -1.10. The number of amides is 1. The molecule has 17 heavy (non-hydrogen) atoms. The van der Waals surface area contributed by atoms with Gasteiger partial charge in [0, 0.05) is 12.2 Å². The second-order valence-corrected chi connectivity index (χ2v) is 3.93. The summed E-state index contributed by atoms with van der Waals surface area (Å²) >= 11 is 0. The lowest BCUT2D eigenvalue weighted by Gasteiger charge is -2.24. The van der Waals surface area contributed by atoms with Crippen molar-refractivity contribution in [3.63, 3.8) is 0 Å². The quantitative estimate of drug-likeness (QED) is 0.813. The zero-order valence-electron chi connectivity index (χ0n) is 10.3. The highest BCUT2D eigenvalue weighted by Gasteiger charge is 2.26. The molecule has 0 saturated carbocycles. The Morgan fingerprint density at radius 1 is 1.35 bits per heavy atom. The molecular formula is C13H17NO3. The molecular weight excluding hydrogens is 218 g/mol. The van der Waals surface area contributed by atoms with E-state index in [1.54, 1.807) is 0 Å². The topological polar surface area (TPSA) is 57.6 Å². The van der Waals surface area contributed by atoms with Crippen LogP contribution in [0.1, 0.15) is 19.4 Å². The highest BCUT2D eigenvalue weighted by atomic mass is 16.4. The number of para-hydroxylation sites is 1. The van der Waals surface area contributed by atoms with Gasteiger partial charge in [0.25, 0.3) is 0 Å². The SMILES string of the molecule is CCN(C(=O)C(C)C(=O)O)c1ccccc1C. The van der Waals surface area contributed by atoms with Crippen LogP contribution < -0.4 is 4.90 Å². The molecule has 0 aromatic heterocycles. The van der Waals surface area contributed by atoms with E-state index in [4.69, 9.17) is 5.11 Å². The van der Waals surface area contributed by atoms with E-state index in [0.717, 1.165) is 11.3 Å². The molecule has 0 aliphatic carbocycles. The maximum atomic E-state index is 12.0. The molecule has 1 rings (SSSR count). The maximum absolute atomic E-state index is 12.0. The van der Waals surface area contributed by atoms with Gasteiger partial charge in [-0.05, 0) is 32.4 Å². The van der Waals surface area contributed by atoms with Crippen LogP contribution in [0.25, 0.3) is 0 Å². The molecule has 0 heterocycles. The minimum absolute atomic E-state index is 0.380. The number of rotatable bonds is 4. The summed E-state index contributed by atoms with van der Waals surface area (Å²) in [5.41, 5.74) is 1.73. The molecule has 1 aromatic carbocycles. The van der Waals surface area contributed by atoms with Crippen molar-refractivity contribution in [3.8, 4) is 0 Å². The first-order valence-electron chi connectivity index (χ1n) is 5.58. The molecule has 0 fully saturated rings. The molecule has 1 atom stereocenters. The molecule has 4 nitrogen and oxygen atoms in total. The van der Waals surface area contributed by atoms with Crippen LogP contribution >= 0.6 is 0 Å². The summed E-state index contributed by atoms with van der Waals surface area (Å²) in [6, 6.07) is 7.45. The lowest BCUT2D eigenvalue weighted by molar-refractivity contribution is -0.145. The summed E-state index contributed by atoms with van der Waals surface area (Å²) in [7, 11) is 0. The van der Waals surface area contributed by atoms with Gasteiger partial charge in [-0.3, -0.25) is 9.59 Å². The summed E-state index contributed by atoms with van der Waals surface area (Å²) in [5.74, 6) is -2.49. The highest BCUT2D eigenvalue weighted by molar-refractivity contribution is 6.05. The summed E-state index contributed by atoms with van der Waals surface area (Å²) < 4.78 is 0. The molecule has 92 valence electrons. The molecule has 0 radical (unpaired) electrons. The van der Waals surface area contributed by atoms with Gasteiger partial charge in [0.05, 0.1) is 0 Å². The van der Waals surface area contributed by atoms with E-state index in [1.165, 1.54) is 11.8 Å². The van der Waals surface area contributed by atoms with E-state index in [9.17, 15) is 9.59 Å². The van der Waals surface area contributed by atoms with E-state index < -0.39 is 11.9 Å². The predicted octanol–water partition coefficient (Wildman–Crippen LogP) is 2.07. The van der Waals surface area contributed by atoms with E-state index in [1.807, 2.05) is 38.1 Å². The van der Waals surface area contributed by atoms with Gasteiger partial charge in [-0.1, -0.05) is 18.2 Å². The molecule has 0 aliphatic heterocycles. The third-order valence-corrected chi connectivity index (χ3v) is 2.73. The van der Waals surface area contributed by atoms with E-state index in [-0.39, 0.29) is 5.91 Å². The number of hydrogen-bond donors (Lipinski definition) is 1. The van der Waals surface area contributed by atoms with Crippen LogP contribution in [-0.2, 0) is 9.59 Å². The normalized spacial score (nSPS) is 11.9. The van der Waals surface area contributed by atoms with Crippen molar-refractivity contribution in [2.75, 3.05) is 11.4 Å². The fourth-order valence-corrected chi connectivity index (χ4v) is 1.65. The first kappa shape index (κ1) is 13.2. The number of carbonyl (C=O) groups excluding carboxylic acids is 1. The van der Waals surface area contributed by atoms with Crippen LogP contribution in [0.5, 0.6) is 0 Å². The van der Waals surface area contributed by atoms with Crippen molar-refractivity contribution in [2.45, 2.75) is 20.8 Å². The summed E-state index contributed by atoms with van der Waals surface area (Å²) in [4.78, 5) is 24.4. The van der Waals surface area contributed by atoms with Crippen molar-refractivity contribution in [3.05, 3.63) is 29.8 Å². The fourth-order valence-electron chi connectivity index (χ4n) is 1.65. The zero-order valence-corrected chi connectivity index (χ0v) is 10.3. The van der Waals surface area contributed by atoms with E-state index in [0.29, 0.717) is 6.54 Å². The third kappa shape index (κ3) is 2.84. The number of carbonyl (C=O) groups is 2. The number of anilines is 1. The third-order valence-electron chi connectivity index (χ3n) is 2.73. The van der Waals surface area contributed by atoms with Gasteiger partial charge in [-0.15, -0.1) is 0 Å². The van der Waals surface area contributed by atoms with Crippen LogP contribution in [-0.4, -0.2) is 23.5 Å². The lowest BCUT2D eigenvalue weighted by Crippen LogP contribution is -2.38. The average molecular weight is 235 g/mol. The number of aliphatic carboxylic acids is 1. The average Bonchev–Trinajstić information content (AvgIpc) is 2.31. The Kier molecular flexibility index (Phi) is 4.26. The van der Waals surface area contributed by atoms with Crippen molar-refractivity contribution in [1.82, 2.24) is 0 Å². The summed E-state index contributed by atoms with van der Waals surface area (Å²) in [6.07, 6.45) is 0. The largest absolute Gasteiger partial charge is 0.481 e. The van der Waals surface area contributed by atoms with Crippen LogP contribution in [0.2, 0.25) is 0 Å². The Bertz CT molecular complexity index is 428. The summed E-state index contributed by atoms with van der Waals surface area (Å²) in [5, 5.41) is 8.87. The number of benzene rings is 1. The highest BCUT2D eigenvalue weighted by Crippen LogP contribution is 2.21. The van der Waals surface area contributed by atoms with Crippen molar-refractivity contribution < 1.29 is 14.7 Å². The molecule has 1 amide bonds. The van der Waals surface area contributed by atoms with E-state index in [2.05, 4.69) is 0 Å². The first-order valence-corrected chi connectivity index (χ1v) is 5.58. The van der Waals surface area contributed by atoms with Gasteiger partial charge in [0.15, 0.2) is 0 Å². The molecule has 1 aromatic rings. The van der Waals surface area contributed by atoms with Crippen LogP contribution in [0.15, 0.2) is 24.3 Å². The standard InChI is InChI=1S/C13H17NO3/c1-4-14(12(15)10(3)13(16)17)11-8-6-5-7-9(11)2/h5-8,10H,4H2,1-3H3,(H,16,17). The number of hydrogen-bond acceptors (Lipinski definition) is 2. The van der Waals surface area contributed by atoms with Gasteiger partial charge in [-0.25, -0.2) is 0 Å². The molecule has 0 saturated heterocycles. The second kappa shape index (κ2) is 5.48. The Morgan fingerprint density at radius 3 is 2.41 bits per heavy atom. The number of carboxylic acids is 1. The molecule has 1 N–H and O–H groups in total.